The van der Waals surface area contributed by atoms with Crippen molar-refractivity contribution in [2.24, 2.45) is 0 Å². The van der Waals surface area contributed by atoms with Crippen molar-refractivity contribution in [3.63, 3.8) is 0 Å². The number of nitrogens with zero attached hydrogens (tertiary/aromatic N) is 1. The fraction of sp³-hybridized carbons (Fsp3) is 0.562. The maximum atomic E-state index is 11.6. The Hall–Kier alpha value is -1.53. The summed E-state index contributed by atoms with van der Waals surface area (Å²) in [5.74, 6) is 0.625. The van der Waals surface area contributed by atoms with Gasteiger partial charge in [-0.1, -0.05) is 25.5 Å². The molecule has 2 rings (SSSR count). The molecule has 0 bridgehead atoms. The van der Waals surface area contributed by atoms with E-state index < -0.39 is 0 Å². The quantitative estimate of drug-likeness (QED) is 0.583. The minimum atomic E-state index is -0.0785. The van der Waals surface area contributed by atoms with Crippen molar-refractivity contribution in [2.75, 3.05) is 32.8 Å². The molecule has 118 valence electrons. The molecule has 0 spiro atoms. The number of ether oxygens (including phenoxy) is 1. The standard InChI is InChI=1S/C16H24BN3O2/c1-2-3-8-19-16(21)12-22-14-6-4-13(5-7-14)15-11-20(17)10-9-18-15/h4-7,15,18H,2-3,8-12H2,1H3,(H,19,21). The van der Waals surface area contributed by atoms with Crippen LogP contribution in [0.3, 0.4) is 0 Å². The molecule has 2 N–H and O–H groups in total. The molecule has 0 aromatic heterocycles. The van der Waals surface area contributed by atoms with Gasteiger partial charge in [0.1, 0.15) is 5.75 Å². The third-order valence-electron chi connectivity index (χ3n) is 3.71. The van der Waals surface area contributed by atoms with E-state index in [4.69, 9.17) is 12.7 Å². The van der Waals surface area contributed by atoms with Gasteiger partial charge in [0.25, 0.3) is 5.91 Å². The fourth-order valence-corrected chi connectivity index (χ4v) is 2.40. The lowest BCUT2D eigenvalue weighted by Gasteiger charge is -2.31. The highest BCUT2D eigenvalue weighted by Gasteiger charge is 2.17. The van der Waals surface area contributed by atoms with Gasteiger partial charge in [-0.15, -0.1) is 0 Å². The molecule has 5 nitrogen and oxygen atoms in total. The van der Waals surface area contributed by atoms with Crippen LogP contribution < -0.4 is 15.4 Å². The highest BCUT2D eigenvalue weighted by molar-refractivity contribution is 6.04. The number of carbonyl (C=O) groups excluding carboxylic acids is 1. The molecule has 1 fully saturated rings. The molecule has 1 amide bonds. The van der Waals surface area contributed by atoms with Crippen LogP contribution in [0.5, 0.6) is 5.75 Å². The maximum absolute atomic E-state index is 11.6. The summed E-state index contributed by atoms with van der Waals surface area (Å²) in [5, 5.41) is 6.27. The first-order chi connectivity index (χ1) is 10.7. The molecule has 1 unspecified atom stereocenters. The van der Waals surface area contributed by atoms with E-state index in [9.17, 15) is 4.79 Å². The fourth-order valence-electron chi connectivity index (χ4n) is 2.40. The van der Waals surface area contributed by atoms with E-state index in [1.54, 1.807) is 0 Å². The number of carbonyl (C=O) groups is 1. The number of hydrogen-bond donors (Lipinski definition) is 2. The van der Waals surface area contributed by atoms with E-state index in [0.29, 0.717) is 12.3 Å². The van der Waals surface area contributed by atoms with E-state index in [-0.39, 0.29) is 18.6 Å². The van der Waals surface area contributed by atoms with Crippen molar-refractivity contribution in [1.82, 2.24) is 15.4 Å². The van der Waals surface area contributed by atoms with Crippen LogP contribution in [-0.4, -0.2) is 51.5 Å². The smallest absolute Gasteiger partial charge is 0.257 e. The first-order valence-corrected chi connectivity index (χ1v) is 7.91. The number of hydrogen-bond acceptors (Lipinski definition) is 4. The Morgan fingerprint density at radius 3 is 2.91 bits per heavy atom. The van der Waals surface area contributed by atoms with Gasteiger partial charge in [-0.05, 0) is 30.7 Å². The van der Waals surface area contributed by atoms with Gasteiger partial charge in [0.05, 0.1) is 0 Å². The van der Waals surface area contributed by atoms with E-state index in [2.05, 4.69) is 17.6 Å². The summed E-state index contributed by atoms with van der Waals surface area (Å²) >= 11 is 0. The summed E-state index contributed by atoms with van der Waals surface area (Å²) in [6.45, 7) is 5.40. The van der Waals surface area contributed by atoms with Crippen molar-refractivity contribution in [3.05, 3.63) is 29.8 Å². The largest absolute Gasteiger partial charge is 0.484 e. The molecule has 22 heavy (non-hydrogen) atoms. The summed E-state index contributed by atoms with van der Waals surface area (Å²) in [4.78, 5) is 13.4. The first-order valence-electron chi connectivity index (χ1n) is 7.91. The molecular weight excluding hydrogens is 277 g/mol. The maximum Gasteiger partial charge on any atom is 0.257 e. The highest BCUT2D eigenvalue weighted by atomic mass is 16.5. The SMILES string of the molecule is [B]N1CCNC(c2ccc(OCC(=O)NCCCC)cc2)C1. The molecule has 1 heterocycles. The number of piperazine rings is 1. The summed E-state index contributed by atoms with van der Waals surface area (Å²) < 4.78 is 5.49. The molecule has 1 aromatic rings. The molecule has 0 saturated carbocycles. The van der Waals surface area contributed by atoms with Crippen LogP contribution in [0.1, 0.15) is 31.4 Å². The average molecular weight is 301 g/mol. The van der Waals surface area contributed by atoms with Gasteiger partial charge in [0.15, 0.2) is 14.6 Å². The predicted octanol–water partition coefficient (Wildman–Crippen LogP) is 1.01. The molecule has 1 saturated heterocycles. The monoisotopic (exact) mass is 301 g/mol. The minimum absolute atomic E-state index is 0.0569. The third kappa shape index (κ3) is 5.35. The molecule has 1 aliphatic heterocycles. The molecule has 6 heteroatoms. The Morgan fingerprint density at radius 1 is 1.45 bits per heavy atom. The van der Waals surface area contributed by atoms with Crippen LogP contribution in [0.2, 0.25) is 0 Å². The number of amides is 1. The van der Waals surface area contributed by atoms with Crippen LogP contribution in [-0.2, 0) is 4.79 Å². The van der Waals surface area contributed by atoms with Crippen LogP contribution in [0.25, 0.3) is 0 Å². The van der Waals surface area contributed by atoms with Gasteiger partial charge in [-0.2, -0.15) is 0 Å². The Balaban J connectivity index is 1.78. The Labute approximate surface area is 133 Å². The molecule has 1 aromatic carbocycles. The Morgan fingerprint density at radius 2 is 2.23 bits per heavy atom. The van der Waals surface area contributed by atoms with Gasteiger partial charge in [-0.25, -0.2) is 0 Å². The van der Waals surface area contributed by atoms with Gasteiger partial charge in [0.2, 0.25) is 0 Å². The highest BCUT2D eigenvalue weighted by Crippen LogP contribution is 2.20. The van der Waals surface area contributed by atoms with E-state index in [1.165, 1.54) is 5.56 Å². The lowest BCUT2D eigenvalue weighted by atomic mass is 10.0. The average Bonchev–Trinajstić information content (AvgIpc) is 2.54. The molecule has 0 aliphatic carbocycles. The number of unbranched alkanes of at least 4 members (excludes halogenated alkanes) is 1. The normalized spacial score (nSPS) is 18.9. The summed E-state index contributed by atoms with van der Waals surface area (Å²) in [6, 6.07) is 8.06. The summed E-state index contributed by atoms with van der Waals surface area (Å²) in [5.41, 5.74) is 1.18. The Kier molecular flexibility index (Phi) is 6.74. The van der Waals surface area contributed by atoms with Crippen LogP contribution in [0.15, 0.2) is 24.3 Å². The zero-order valence-corrected chi connectivity index (χ0v) is 13.2. The van der Waals surface area contributed by atoms with E-state index in [0.717, 1.165) is 32.5 Å². The van der Waals surface area contributed by atoms with Crippen LogP contribution >= 0.6 is 0 Å². The second-order valence-corrected chi connectivity index (χ2v) is 5.56. The van der Waals surface area contributed by atoms with Crippen molar-refractivity contribution >= 4 is 13.9 Å². The minimum Gasteiger partial charge on any atom is -0.484 e. The molecule has 1 aliphatic rings. The topological polar surface area (TPSA) is 53.6 Å². The van der Waals surface area contributed by atoms with Crippen LogP contribution in [0, 0.1) is 0 Å². The van der Waals surface area contributed by atoms with Crippen molar-refractivity contribution in [3.8, 4) is 5.75 Å². The van der Waals surface area contributed by atoms with E-state index in [1.807, 2.05) is 29.1 Å². The zero-order chi connectivity index (χ0) is 15.8. The van der Waals surface area contributed by atoms with E-state index >= 15 is 0 Å². The lowest BCUT2D eigenvalue weighted by molar-refractivity contribution is -0.123. The Bertz CT molecular complexity index is 467. The van der Waals surface area contributed by atoms with Gasteiger partial charge in [0, 0.05) is 25.7 Å². The lowest BCUT2D eigenvalue weighted by Crippen LogP contribution is -2.44. The number of benzene rings is 1. The van der Waals surface area contributed by atoms with Gasteiger partial charge < -0.3 is 20.2 Å². The van der Waals surface area contributed by atoms with Crippen molar-refractivity contribution in [1.29, 1.82) is 0 Å². The zero-order valence-electron chi connectivity index (χ0n) is 13.2. The second kappa shape index (κ2) is 8.81. The van der Waals surface area contributed by atoms with Crippen molar-refractivity contribution < 1.29 is 9.53 Å². The number of nitrogens with one attached hydrogen (secondary N) is 2. The number of rotatable bonds is 7. The van der Waals surface area contributed by atoms with Crippen LogP contribution in [0.4, 0.5) is 0 Å². The first kappa shape index (κ1) is 16.8. The molecule has 1 atom stereocenters. The van der Waals surface area contributed by atoms with Gasteiger partial charge in [-0.3, -0.25) is 4.79 Å². The molecular formula is C16H24BN3O2. The second-order valence-electron chi connectivity index (χ2n) is 5.56. The third-order valence-corrected chi connectivity index (χ3v) is 3.71. The summed E-state index contributed by atoms with van der Waals surface area (Å²) in [7, 11) is 5.85. The predicted molar refractivity (Wildman–Crippen MR) is 87.9 cm³/mol. The molecule has 2 radical (unpaired) electrons. The van der Waals surface area contributed by atoms with Crippen molar-refractivity contribution in [2.45, 2.75) is 25.8 Å². The summed E-state index contributed by atoms with van der Waals surface area (Å²) in [6.07, 6.45) is 2.06. The van der Waals surface area contributed by atoms with Gasteiger partial charge >= 0.3 is 0 Å².